The number of rotatable bonds is 4. The highest BCUT2D eigenvalue weighted by Gasteiger charge is 2.17. The third-order valence-corrected chi connectivity index (χ3v) is 4.07. The fraction of sp³-hybridized carbons (Fsp3) is 0.500. The van der Waals surface area contributed by atoms with Crippen LogP contribution in [0.2, 0.25) is 0 Å². The van der Waals surface area contributed by atoms with E-state index in [4.69, 9.17) is 5.73 Å². The smallest absolute Gasteiger partial charge is 0.284 e. The molecule has 16 heavy (non-hydrogen) atoms. The summed E-state index contributed by atoms with van der Waals surface area (Å²) in [5.74, 6) is -0.867. The van der Waals surface area contributed by atoms with E-state index in [2.05, 4.69) is 4.98 Å². The van der Waals surface area contributed by atoms with E-state index in [-0.39, 0.29) is 17.5 Å². The van der Waals surface area contributed by atoms with Crippen LogP contribution < -0.4 is 10.5 Å². The van der Waals surface area contributed by atoms with Gasteiger partial charge >= 0.3 is 0 Å². The highest BCUT2D eigenvalue weighted by molar-refractivity contribution is 7.90. The lowest BCUT2D eigenvalue weighted by molar-refractivity contribution is 0.0977. The van der Waals surface area contributed by atoms with Crippen LogP contribution in [0.15, 0.2) is 5.38 Å². The molecule has 0 saturated carbocycles. The first kappa shape index (κ1) is 13.1. The zero-order valence-corrected chi connectivity index (χ0v) is 10.6. The SMILES string of the molecule is CCS(=O)(=O)NC(=O)c1csc(C(C)N)n1. The Morgan fingerprint density at radius 3 is 2.75 bits per heavy atom. The Balaban J connectivity index is 2.82. The van der Waals surface area contributed by atoms with E-state index in [9.17, 15) is 13.2 Å². The predicted octanol–water partition coefficient (Wildman–Crippen LogP) is 0.242. The summed E-state index contributed by atoms with van der Waals surface area (Å²) in [6.07, 6.45) is 0. The summed E-state index contributed by atoms with van der Waals surface area (Å²) < 4.78 is 24.2. The maximum atomic E-state index is 11.5. The largest absolute Gasteiger partial charge is 0.322 e. The van der Waals surface area contributed by atoms with Gasteiger partial charge in [0.25, 0.3) is 5.91 Å². The zero-order chi connectivity index (χ0) is 12.3. The Labute approximate surface area is 97.9 Å². The van der Waals surface area contributed by atoms with Crippen LogP contribution in [-0.4, -0.2) is 25.1 Å². The first-order valence-corrected chi connectivity index (χ1v) is 7.14. The van der Waals surface area contributed by atoms with Gasteiger partial charge in [-0.15, -0.1) is 11.3 Å². The normalized spacial score (nSPS) is 13.4. The molecule has 1 unspecified atom stereocenters. The Morgan fingerprint density at radius 2 is 2.31 bits per heavy atom. The predicted molar refractivity (Wildman–Crippen MR) is 61.6 cm³/mol. The standard InChI is InChI=1S/C8H13N3O3S2/c1-3-16(13,14)11-7(12)6-4-15-8(10-6)5(2)9/h4-5H,3,9H2,1-2H3,(H,11,12). The number of carbonyl (C=O) groups is 1. The molecule has 0 aromatic carbocycles. The summed E-state index contributed by atoms with van der Waals surface area (Å²) in [6, 6.07) is -0.269. The molecule has 0 aliphatic rings. The van der Waals surface area contributed by atoms with Crippen molar-refractivity contribution in [3.8, 4) is 0 Å². The average Bonchev–Trinajstić information content (AvgIpc) is 2.66. The summed E-state index contributed by atoms with van der Waals surface area (Å²) in [4.78, 5) is 15.4. The lowest BCUT2D eigenvalue weighted by atomic mass is 10.4. The number of thiazole rings is 1. The summed E-state index contributed by atoms with van der Waals surface area (Å²) in [7, 11) is -3.54. The van der Waals surface area contributed by atoms with E-state index >= 15 is 0 Å². The van der Waals surface area contributed by atoms with E-state index in [1.165, 1.54) is 23.6 Å². The number of carbonyl (C=O) groups excluding carboxylic acids is 1. The van der Waals surface area contributed by atoms with Gasteiger partial charge in [0.05, 0.1) is 11.8 Å². The quantitative estimate of drug-likeness (QED) is 0.810. The molecule has 1 aromatic rings. The Hall–Kier alpha value is -0.990. The number of nitrogens with one attached hydrogen (secondary N) is 1. The van der Waals surface area contributed by atoms with Crippen molar-refractivity contribution in [1.29, 1.82) is 0 Å². The highest BCUT2D eigenvalue weighted by atomic mass is 32.2. The van der Waals surface area contributed by atoms with Crippen molar-refractivity contribution in [2.24, 2.45) is 5.73 Å². The second kappa shape index (κ2) is 4.89. The van der Waals surface area contributed by atoms with Gasteiger partial charge in [0.1, 0.15) is 10.7 Å². The van der Waals surface area contributed by atoms with Crippen molar-refractivity contribution < 1.29 is 13.2 Å². The third kappa shape index (κ3) is 3.26. The van der Waals surface area contributed by atoms with Crippen LogP contribution in [0, 0.1) is 0 Å². The topological polar surface area (TPSA) is 102 Å². The van der Waals surface area contributed by atoms with E-state index in [0.717, 1.165) is 0 Å². The lowest BCUT2D eigenvalue weighted by Crippen LogP contribution is -2.32. The molecule has 8 heteroatoms. The van der Waals surface area contributed by atoms with E-state index < -0.39 is 15.9 Å². The Kier molecular flexibility index (Phi) is 4.00. The number of hydrogen-bond donors (Lipinski definition) is 2. The zero-order valence-electron chi connectivity index (χ0n) is 8.93. The van der Waals surface area contributed by atoms with Gasteiger partial charge in [0, 0.05) is 5.38 Å². The molecule has 0 aliphatic carbocycles. The number of amides is 1. The minimum atomic E-state index is -3.54. The first-order valence-electron chi connectivity index (χ1n) is 4.61. The van der Waals surface area contributed by atoms with Crippen molar-refractivity contribution in [3.63, 3.8) is 0 Å². The minimum absolute atomic E-state index is 0.0781. The molecule has 0 saturated heterocycles. The second-order valence-electron chi connectivity index (χ2n) is 3.19. The van der Waals surface area contributed by atoms with Crippen molar-refractivity contribution >= 4 is 27.3 Å². The summed E-state index contributed by atoms with van der Waals surface area (Å²) >= 11 is 1.23. The van der Waals surface area contributed by atoms with Crippen molar-refractivity contribution in [1.82, 2.24) is 9.71 Å². The molecular weight excluding hydrogens is 250 g/mol. The number of hydrogen-bond acceptors (Lipinski definition) is 6. The number of aromatic nitrogens is 1. The molecule has 1 heterocycles. The molecule has 90 valence electrons. The summed E-state index contributed by atoms with van der Waals surface area (Å²) in [5, 5.41) is 2.08. The number of nitrogens with zero attached hydrogens (tertiary/aromatic N) is 1. The van der Waals surface area contributed by atoms with Gasteiger partial charge in [-0.25, -0.2) is 18.1 Å². The fourth-order valence-electron chi connectivity index (χ4n) is 0.867. The Morgan fingerprint density at radius 1 is 1.69 bits per heavy atom. The molecule has 3 N–H and O–H groups in total. The van der Waals surface area contributed by atoms with Gasteiger partial charge in [-0.3, -0.25) is 4.79 Å². The Bertz CT molecular complexity index is 478. The van der Waals surface area contributed by atoms with Gasteiger partial charge in [0.15, 0.2) is 0 Å². The number of sulfonamides is 1. The van der Waals surface area contributed by atoms with Gasteiger partial charge in [-0.2, -0.15) is 0 Å². The maximum absolute atomic E-state index is 11.5. The summed E-state index contributed by atoms with van der Waals surface area (Å²) in [5.41, 5.74) is 5.66. The van der Waals surface area contributed by atoms with Crippen LogP contribution in [0.5, 0.6) is 0 Å². The van der Waals surface area contributed by atoms with Gasteiger partial charge in [-0.05, 0) is 13.8 Å². The highest BCUT2D eigenvalue weighted by Crippen LogP contribution is 2.15. The van der Waals surface area contributed by atoms with Crippen LogP contribution in [0.25, 0.3) is 0 Å². The van der Waals surface area contributed by atoms with Crippen LogP contribution in [0.3, 0.4) is 0 Å². The molecule has 0 bridgehead atoms. The maximum Gasteiger partial charge on any atom is 0.284 e. The van der Waals surface area contributed by atoms with Gasteiger partial charge in [-0.1, -0.05) is 0 Å². The van der Waals surface area contributed by atoms with E-state index in [1.807, 2.05) is 4.72 Å². The number of nitrogens with two attached hydrogens (primary N) is 1. The molecule has 1 rings (SSSR count). The fourth-order valence-corrected chi connectivity index (χ4v) is 2.16. The lowest BCUT2D eigenvalue weighted by Gasteiger charge is -2.01. The molecular formula is C8H13N3O3S2. The molecule has 0 fully saturated rings. The summed E-state index contributed by atoms with van der Waals surface area (Å²) in [6.45, 7) is 3.19. The average molecular weight is 263 g/mol. The minimum Gasteiger partial charge on any atom is -0.322 e. The third-order valence-electron chi connectivity index (χ3n) is 1.77. The van der Waals surface area contributed by atoms with Crippen molar-refractivity contribution in [2.75, 3.05) is 5.75 Å². The molecule has 0 radical (unpaired) electrons. The molecule has 6 nitrogen and oxygen atoms in total. The first-order chi connectivity index (χ1) is 7.35. The monoisotopic (exact) mass is 263 g/mol. The molecule has 0 spiro atoms. The van der Waals surface area contributed by atoms with Crippen molar-refractivity contribution in [2.45, 2.75) is 19.9 Å². The van der Waals surface area contributed by atoms with E-state index in [1.54, 1.807) is 6.92 Å². The van der Waals surface area contributed by atoms with Crippen LogP contribution >= 0.6 is 11.3 Å². The van der Waals surface area contributed by atoms with Crippen LogP contribution in [0.4, 0.5) is 0 Å². The van der Waals surface area contributed by atoms with Crippen LogP contribution in [-0.2, 0) is 10.0 Å². The molecule has 1 amide bonds. The van der Waals surface area contributed by atoms with E-state index in [0.29, 0.717) is 5.01 Å². The van der Waals surface area contributed by atoms with Crippen LogP contribution in [0.1, 0.15) is 35.4 Å². The van der Waals surface area contributed by atoms with Gasteiger partial charge < -0.3 is 5.73 Å². The molecule has 1 aromatic heterocycles. The van der Waals surface area contributed by atoms with Gasteiger partial charge in [0.2, 0.25) is 10.0 Å². The molecule has 1 atom stereocenters. The molecule has 0 aliphatic heterocycles. The second-order valence-corrected chi connectivity index (χ2v) is 6.09. The van der Waals surface area contributed by atoms with Crippen molar-refractivity contribution in [3.05, 3.63) is 16.1 Å².